The molecular formula is C22H16ClN3O3S. The number of rotatable bonds is 6. The number of thiophene rings is 1. The molecule has 0 bridgehead atoms. The fourth-order valence-electron chi connectivity index (χ4n) is 3.02. The lowest BCUT2D eigenvalue weighted by molar-refractivity contribution is -0.131. The summed E-state index contributed by atoms with van der Waals surface area (Å²) in [4.78, 5) is 29.1. The minimum Gasteiger partial charge on any atom is -0.478 e. The van der Waals surface area contributed by atoms with Crippen LogP contribution in [-0.4, -0.2) is 26.4 Å². The summed E-state index contributed by atoms with van der Waals surface area (Å²) in [6.45, 7) is 0.377. The molecule has 8 heteroatoms. The van der Waals surface area contributed by atoms with Crippen molar-refractivity contribution < 1.29 is 14.7 Å². The summed E-state index contributed by atoms with van der Waals surface area (Å²) in [6.07, 6.45) is 4.26. The number of hydrogen-bond donors (Lipinski definition) is 2. The van der Waals surface area contributed by atoms with Crippen molar-refractivity contribution in [2.45, 2.75) is 6.54 Å². The third-order valence-electron chi connectivity index (χ3n) is 4.42. The van der Waals surface area contributed by atoms with Gasteiger partial charge in [0.15, 0.2) is 5.69 Å². The van der Waals surface area contributed by atoms with E-state index in [1.165, 1.54) is 6.08 Å². The number of amides is 1. The zero-order valence-electron chi connectivity index (χ0n) is 15.6. The van der Waals surface area contributed by atoms with Crippen LogP contribution in [0, 0.1) is 0 Å². The van der Waals surface area contributed by atoms with Gasteiger partial charge in [0.25, 0.3) is 5.91 Å². The Morgan fingerprint density at radius 3 is 2.67 bits per heavy atom. The van der Waals surface area contributed by atoms with E-state index in [1.807, 2.05) is 53.9 Å². The fraction of sp³-hybridized carbons (Fsp3) is 0.0455. The van der Waals surface area contributed by atoms with E-state index in [9.17, 15) is 9.59 Å². The number of aromatic nitrogens is 2. The van der Waals surface area contributed by atoms with Crippen LogP contribution in [0.3, 0.4) is 0 Å². The van der Waals surface area contributed by atoms with Crippen molar-refractivity contribution in [3.63, 3.8) is 0 Å². The second kappa shape index (κ2) is 8.52. The number of fused-ring (bicyclic) bond motifs is 1. The van der Waals surface area contributed by atoms with Gasteiger partial charge in [0.2, 0.25) is 0 Å². The van der Waals surface area contributed by atoms with Crippen LogP contribution in [0.4, 0.5) is 0 Å². The number of carboxylic acids is 1. The summed E-state index contributed by atoms with van der Waals surface area (Å²) in [5.41, 5.74) is 2.77. The molecule has 3 aromatic heterocycles. The third kappa shape index (κ3) is 4.12. The molecule has 0 aliphatic heterocycles. The molecule has 0 fully saturated rings. The number of halogens is 1. The van der Waals surface area contributed by atoms with Crippen molar-refractivity contribution in [3.05, 3.63) is 87.5 Å². The first-order valence-corrected chi connectivity index (χ1v) is 10.3. The van der Waals surface area contributed by atoms with Crippen molar-refractivity contribution in [1.82, 2.24) is 14.7 Å². The van der Waals surface area contributed by atoms with Gasteiger partial charge < -0.3 is 10.4 Å². The summed E-state index contributed by atoms with van der Waals surface area (Å²) >= 11 is 8.05. The minimum absolute atomic E-state index is 0.0865. The number of hydrogen-bond acceptors (Lipinski definition) is 4. The molecule has 0 spiro atoms. The van der Waals surface area contributed by atoms with E-state index in [0.29, 0.717) is 17.8 Å². The second-order valence-electron chi connectivity index (χ2n) is 6.43. The SMILES string of the molecule is O=C(O)/C=C/c1cc(-c2ccccc2)cn2c(Cl)c(C(=O)NCc3cccs3)nc12. The minimum atomic E-state index is -1.08. The highest BCUT2D eigenvalue weighted by Gasteiger charge is 2.20. The molecule has 150 valence electrons. The molecule has 0 saturated carbocycles. The van der Waals surface area contributed by atoms with Crippen molar-refractivity contribution in [2.24, 2.45) is 0 Å². The number of aliphatic carboxylic acids is 1. The summed E-state index contributed by atoms with van der Waals surface area (Å²) in [5.74, 6) is -1.48. The van der Waals surface area contributed by atoms with E-state index in [1.54, 1.807) is 21.9 Å². The monoisotopic (exact) mass is 437 g/mol. The molecule has 0 atom stereocenters. The Bertz CT molecular complexity index is 1250. The zero-order valence-corrected chi connectivity index (χ0v) is 17.2. The van der Waals surface area contributed by atoms with E-state index >= 15 is 0 Å². The van der Waals surface area contributed by atoms with Gasteiger partial charge in [0.1, 0.15) is 10.8 Å². The van der Waals surface area contributed by atoms with Crippen molar-refractivity contribution in [3.8, 4) is 11.1 Å². The van der Waals surface area contributed by atoms with Crippen LogP contribution >= 0.6 is 22.9 Å². The molecule has 0 radical (unpaired) electrons. The molecule has 0 aliphatic carbocycles. The highest BCUT2D eigenvalue weighted by atomic mass is 35.5. The zero-order chi connectivity index (χ0) is 21.1. The Kier molecular flexibility index (Phi) is 5.65. The topological polar surface area (TPSA) is 83.7 Å². The van der Waals surface area contributed by atoms with Gasteiger partial charge in [-0.2, -0.15) is 0 Å². The van der Waals surface area contributed by atoms with Crippen LogP contribution in [0.5, 0.6) is 0 Å². The Balaban J connectivity index is 1.78. The molecule has 3 heterocycles. The Morgan fingerprint density at radius 2 is 1.97 bits per heavy atom. The lowest BCUT2D eigenvalue weighted by atomic mass is 10.1. The maximum Gasteiger partial charge on any atom is 0.328 e. The lowest BCUT2D eigenvalue weighted by Gasteiger charge is -2.06. The van der Waals surface area contributed by atoms with Gasteiger partial charge in [-0.1, -0.05) is 48.0 Å². The van der Waals surface area contributed by atoms with Gasteiger partial charge in [-0.3, -0.25) is 9.20 Å². The Hall–Kier alpha value is -3.42. The number of carboxylic acid groups (broad SMARTS) is 1. The predicted octanol–water partition coefficient (Wildman–Crippen LogP) is 4.74. The summed E-state index contributed by atoms with van der Waals surface area (Å²) in [7, 11) is 0. The number of nitrogens with zero attached hydrogens (tertiary/aromatic N) is 2. The van der Waals surface area contributed by atoms with Gasteiger partial charge in [0.05, 0.1) is 6.54 Å². The molecular weight excluding hydrogens is 422 g/mol. The Labute approximate surface area is 181 Å². The number of imidazole rings is 1. The molecule has 4 aromatic rings. The number of carbonyl (C=O) groups is 2. The molecule has 4 rings (SSSR count). The first-order chi connectivity index (χ1) is 14.5. The van der Waals surface area contributed by atoms with E-state index in [-0.39, 0.29) is 10.8 Å². The van der Waals surface area contributed by atoms with Crippen molar-refractivity contribution in [2.75, 3.05) is 0 Å². The Morgan fingerprint density at radius 1 is 1.17 bits per heavy atom. The molecule has 0 saturated heterocycles. The number of pyridine rings is 1. The van der Waals surface area contributed by atoms with Crippen LogP contribution in [0.25, 0.3) is 22.9 Å². The summed E-state index contributed by atoms with van der Waals surface area (Å²) in [5, 5.41) is 14.0. The van der Waals surface area contributed by atoms with Crippen molar-refractivity contribution >= 4 is 46.5 Å². The average Bonchev–Trinajstić information content (AvgIpc) is 3.39. The normalized spacial score (nSPS) is 11.2. The highest BCUT2D eigenvalue weighted by molar-refractivity contribution is 7.09. The largest absolute Gasteiger partial charge is 0.478 e. The molecule has 30 heavy (non-hydrogen) atoms. The van der Waals surface area contributed by atoms with Gasteiger partial charge in [-0.25, -0.2) is 9.78 Å². The van der Waals surface area contributed by atoms with Gasteiger partial charge >= 0.3 is 5.97 Å². The maximum atomic E-state index is 12.7. The van der Waals surface area contributed by atoms with Crippen LogP contribution in [0.1, 0.15) is 20.9 Å². The second-order valence-corrected chi connectivity index (χ2v) is 7.82. The highest BCUT2D eigenvalue weighted by Crippen LogP contribution is 2.28. The van der Waals surface area contributed by atoms with Crippen LogP contribution in [0.2, 0.25) is 5.15 Å². The van der Waals surface area contributed by atoms with E-state index < -0.39 is 11.9 Å². The molecule has 1 amide bonds. The smallest absolute Gasteiger partial charge is 0.328 e. The quantitative estimate of drug-likeness (QED) is 0.426. The predicted molar refractivity (Wildman–Crippen MR) is 118 cm³/mol. The third-order valence-corrected chi connectivity index (χ3v) is 5.66. The van der Waals surface area contributed by atoms with Crippen LogP contribution in [-0.2, 0) is 11.3 Å². The maximum absolute atomic E-state index is 12.7. The number of carbonyl (C=O) groups excluding carboxylic acids is 1. The molecule has 0 unspecified atom stereocenters. The van der Waals surface area contributed by atoms with Crippen molar-refractivity contribution in [1.29, 1.82) is 0 Å². The number of nitrogens with one attached hydrogen (secondary N) is 1. The number of benzene rings is 1. The van der Waals surface area contributed by atoms with Gasteiger partial charge in [-0.15, -0.1) is 11.3 Å². The molecule has 0 aliphatic rings. The van der Waals surface area contributed by atoms with E-state index in [2.05, 4.69) is 10.3 Å². The first kappa shape index (κ1) is 19.9. The average molecular weight is 438 g/mol. The molecule has 2 N–H and O–H groups in total. The standard InChI is InChI=1S/C22H16ClN3O3S/c23-20-19(22(29)24-12-17-7-4-10-30-17)25-21-15(8-9-18(27)28)11-16(13-26(20)21)14-5-2-1-3-6-14/h1-11,13H,12H2,(H,24,29)(H,27,28)/b9-8+. The van der Waals surface area contributed by atoms with Gasteiger partial charge in [-0.05, 0) is 34.7 Å². The van der Waals surface area contributed by atoms with E-state index in [0.717, 1.165) is 22.1 Å². The summed E-state index contributed by atoms with van der Waals surface area (Å²) < 4.78 is 1.60. The van der Waals surface area contributed by atoms with Crippen LogP contribution < -0.4 is 5.32 Å². The first-order valence-electron chi connectivity index (χ1n) is 9.01. The summed E-state index contributed by atoms with van der Waals surface area (Å²) in [6, 6.07) is 15.3. The molecule has 1 aromatic carbocycles. The van der Waals surface area contributed by atoms with E-state index in [4.69, 9.17) is 16.7 Å². The van der Waals surface area contributed by atoms with Crippen LogP contribution in [0.15, 0.2) is 66.2 Å². The molecule has 6 nitrogen and oxygen atoms in total. The van der Waals surface area contributed by atoms with Gasteiger partial charge in [0, 0.05) is 22.7 Å². The lowest BCUT2D eigenvalue weighted by Crippen LogP contribution is -2.23. The fourth-order valence-corrected chi connectivity index (χ4v) is 3.93.